The van der Waals surface area contributed by atoms with Crippen LogP contribution in [0, 0.1) is 5.92 Å². The van der Waals surface area contributed by atoms with E-state index in [0.717, 1.165) is 24.5 Å². The van der Waals surface area contributed by atoms with Gasteiger partial charge in [0.25, 0.3) is 0 Å². The molecule has 0 saturated carbocycles. The first-order chi connectivity index (χ1) is 7.79. The lowest BCUT2D eigenvalue weighted by atomic mass is 9.95. The van der Waals surface area contributed by atoms with Gasteiger partial charge in [-0.2, -0.15) is 0 Å². The molecule has 0 aromatic heterocycles. The Balaban J connectivity index is 2.01. The fourth-order valence-electron chi connectivity index (χ4n) is 2.37. The number of anilines is 1. The summed E-state index contributed by atoms with van der Waals surface area (Å²) in [5.41, 5.74) is 1.24. The molecule has 1 N–H and O–H groups in total. The minimum absolute atomic E-state index is 0.305. The van der Waals surface area contributed by atoms with Gasteiger partial charge < -0.3 is 10.0 Å². The molecule has 1 saturated heterocycles. The molecule has 1 atom stereocenters. The molecule has 1 unspecified atom stereocenters. The summed E-state index contributed by atoms with van der Waals surface area (Å²) in [6.07, 6.45) is 3.38. The van der Waals surface area contributed by atoms with E-state index in [1.165, 1.54) is 18.5 Å². The molecule has 1 aliphatic heterocycles. The third kappa shape index (κ3) is 2.89. The van der Waals surface area contributed by atoms with Gasteiger partial charge in [0, 0.05) is 30.4 Å². The second-order valence-electron chi connectivity index (χ2n) is 4.44. The van der Waals surface area contributed by atoms with Crippen LogP contribution in [-0.4, -0.2) is 24.8 Å². The van der Waals surface area contributed by atoms with Crippen LogP contribution in [0.2, 0.25) is 5.02 Å². The van der Waals surface area contributed by atoms with Crippen LogP contribution in [0.4, 0.5) is 5.69 Å². The molecule has 1 heterocycles. The van der Waals surface area contributed by atoms with Crippen LogP contribution in [0.25, 0.3) is 0 Å². The van der Waals surface area contributed by atoms with E-state index in [2.05, 4.69) is 17.0 Å². The summed E-state index contributed by atoms with van der Waals surface area (Å²) in [7, 11) is 0. The Labute approximate surface area is 102 Å². The Morgan fingerprint density at radius 3 is 2.75 bits per heavy atom. The highest BCUT2D eigenvalue weighted by Crippen LogP contribution is 2.25. The largest absolute Gasteiger partial charge is 0.396 e. The molecular weight excluding hydrogens is 222 g/mol. The van der Waals surface area contributed by atoms with Gasteiger partial charge in [-0.25, -0.2) is 0 Å². The summed E-state index contributed by atoms with van der Waals surface area (Å²) in [5.74, 6) is 0.634. The normalized spacial score (nSPS) is 21.1. The lowest BCUT2D eigenvalue weighted by Gasteiger charge is -2.34. The monoisotopic (exact) mass is 239 g/mol. The smallest absolute Gasteiger partial charge is 0.0434 e. The highest BCUT2D eigenvalue weighted by molar-refractivity contribution is 6.30. The van der Waals surface area contributed by atoms with Crippen molar-refractivity contribution in [2.75, 3.05) is 24.6 Å². The first-order valence-corrected chi connectivity index (χ1v) is 6.29. The van der Waals surface area contributed by atoms with E-state index in [1.54, 1.807) is 0 Å². The first-order valence-electron chi connectivity index (χ1n) is 5.91. The van der Waals surface area contributed by atoms with Gasteiger partial charge in [-0.1, -0.05) is 11.6 Å². The Morgan fingerprint density at radius 2 is 2.06 bits per heavy atom. The van der Waals surface area contributed by atoms with Gasteiger partial charge in [0.15, 0.2) is 0 Å². The minimum atomic E-state index is 0.305. The molecule has 2 nitrogen and oxygen atoms in total. The van der Waals surface area contributed by atoms with Gasteiger partial charge in [-0.15, -0.1) is 0 Å². The predicted octanol–water partition coefficient (Wildman–Crippen LogP) is 2.94. The van der Waals surface area contributed by atoms with Crippen LogP contribution in [0.3, 0.4) is 0 Å². The second-order valence-corrected chi connectivity index (χ2v) is 4.88. The number of nitrogens with zero attached hydrogens (tertiary/aromatic N) is 1. The fourth-order valence-corrected chi connectivity index (χ4v) is 2.50. The number of hydrogen-bond acceptors (Lipinski definition) is 2. The number of aliphatic hydroxyl groups excluding tert-OH is 1. The van der Waals surface area contributed by atoms with Gasteiger partial charge in [0.05, 0.1) is 0 Å². The Morgan fingerprint density at radius 1 is 1.31 bits per heavy atom. The SMILES string of the molecule is OCCC1CCCN(c2ccc(Cl)cc2)C1. The highest BCUT2D eigenvalue weighted by atomic mass is 35.5. The van der Waals surface area contributed by atoms with E-state index >= 15 is 0 Å². The van der Waals surface area contributed by atoms with Gasteiger partial charge in [-0.3, -0.25) is 0 Å². The summed E-state index contributed by atoms with van der Waals surface area (Å²) in [5, 5.41) is 9.76. The molecule has 88 valence electrons. The summed E-state index contributed by atoms with van der Waals surface area (Å²) in [6, 6.07) is 8.02. The zero-order valence-electron chi connectivity index (χ0n) is 9.40. The molecule has 16 heavy (non-hydrogen) atoms. The van der Waals surface area contributed by atoms with Crippen molar-refractivity contribution >= 4 is 17.3 Å². The quantitative estimate of drug-likeness (QED) is 0.877. The molecule has 1 fully saturated rings. The second kappa shape index (κ2) is 5.55. The standard InChI is InChI=1S/C13H18ClNO/c14-12-3-5-13(6-4-12)15-8-1-2-11(10-15)7-9-16/h3-6,11,16H,1-2,7-10H2. The Hall–Kier alpha value is -0.730. The van der Waals surface area contributed by atoms with Gasteiger partial charge in [0.1, 0.15) is 0 Å². The average molecular weight is 240 g/mol. The zero-order valence-corrected chi connectivity index (χ0v) is 10.2. The van der Waals surface area contributed by atoms with E-state index in [1.807, 2.05) is 12.1 Å². The lowest BCUT2D eigenvalue weighted by molar-refractivity contribution is 0.244. The van der Waals surface area contributed by atoms with Crippen LogP contribution in [0.5, 0.6) is 0 Å². The molecule has 1 aromatic rings. The van der Waals surface area contributed by atoms with Crippen molar-refractivity contribution in [3.63, 3.8) is 0 Å². The minimum Gasteiger partial charge on any atom is -0.396 e. The summed E-state index contributed by atoms with van der Waals surface area (Å²) >= 11 is 5.88. The fraction of sp³-hybridized carbons (Fsp3) is 0.538. The molecule has 0 spiro atoms. The van der Waals surface area contributed by atoms with Crippen molar-refractivity contribution in [3.8, 4) is 0 Å². The van der Waals surface area contributed by atoms with Crippen molar-refractivity contribution in [2.45, 2.75) is 19.3 Å². The topological polar surface area (TPSA) is 23.5 Å². The first kappa shape index (κ1) is 11.7. The maximum absolute atomic E-state index is 8.98. The molecule has 0 radical (unpaired) electrons. The van der Waals surface area contributed by atoms with E-state index in [0.29, 0.717) is 12.5 Å². The number of benzene rings is 1. The molecular formula is C13H18ClNO. The molecule has 0 bridgehead atoms. The molecule has 0 aliphatic carbocycles. The van der Waals surface area contributed by atoms with Crippen LogP contribution in [-0.2, 0) is 0 Å². The maximum Gasteiger partial charge on any atom is 0.0434 e. The summed E-state index contributed by atoms with van der Waals surface area (Å²) in [6.45, 7) is 2.48. The maximum atomic E-state index is 8.98. The number of rotatable bonds is 3. The van der Waals surface area contributed by atoms with Crippen LogP contribution in [0.1, 0.15) is 19.3 Å². The predicted molar refractivity (Wildman–Crippen MR) is 68.1 cm³/mol. The lowest BCUT2D eigenvalue weighted by Crippen LogP contribution is -2.35. The third-order valence-electron chi connectivity index (χ3n) is 3.25. The average Bonchev–Trinajstić information content (AvgIpc) is 2.31. The van der Waals surface area contributed by atoms with E-state index < -0.39 is 0 Å². The molecule has 0 amide bonds. The van der Waals surface area contributed by atoms with Crippen molar-refractivity contribution in [1.29, 1.82) is 0 Å². The van der Waals surface area contributed by atoms with E-state index in [9.17, 15) is 0 Å². The summed E-state index contributed by atoms with van der Waals surface area (Å²) in [4.78, 5) is 2.39. The van der Waals surface area contributed by atoms with Crippen LogP contribution >= 0.6 is 11.6 Å². The summed E-state index contributed by atoms with van der Waals surface area (Å²) < 4.78 is 0. The van der Waals surface area contributed by atoms with E-state index in [-0.39, 0.29) is 0 Å². The number of hydrogen-bond donors (Lipinski definition) is 1. The van der Waals surface area contributed by atoms with Crippen LogP contribution in [0.15, 0.2) is 24.3 Å². The van der Waals surface area contributed by atoms with E-state index in [4.69, 9.17) is 16.7 Å². The zero-order chi connectivity index (χ0) is 11.4. The highest BCUT2D eigenvalue weighted by Gasteiger charge is 2.19. The van der Waals surface area contributed by atoms with Gasteiger partial charge >= 0.3 is 0 Å². The Kier molecular flexibility index (Phi) is 4.08. The number of aliphatic hydroxyl groups is 1. The van der Waals surface area contributed by atoms with Crippen LogP contribution < -0.4 is 4.90 Å². The van der Waals surface area contributed by atoms with Gasteiger partial charge in [-0.05, 0) is 49.4 Å². The number of piperidine rings is 1. The van der Waals surface area contributed by atoms with Crippen molar-refractivity contribution < 1.29 is 5.11 Å². The molecule has 2 rings (SSSR count). The molecule has 3 heteroatoms. The van der Waals surface area contributed by atoms with Crippen molar-refractivity contribution in [1.82, 2.24) is 0 Å². The number of halogens is 1. The van der Waals surface area contributed by atoms with Gasteiger partial charge in [0.2, 0.25) is 0 Å². The third-order valence-corrected chi connectivity index (χ3v) is 3.50. The Bertz CT molecular complexity index is 323. The van der Waals surface area contributed by atoms with Crippen molar-refractivity contribution in [3.05, 3.63) is 29.3 Å². The molecule has 1 aromatic carbocycles. The van der Waals surface area contributed by atoms with Crippen molar-refractivity contribution in [2.24, 2.45) is 5.92 Å². The molecule has 1 aliphatic rings.